The molecule has 0 saturated heterocycles. The van der Waals surface area contributed by atoms with Crippen LogP contribution < -0.4 is 5.73 Å². The van der Waals surface area contributed by atoms with E-state index in [1.54, 1.807) is 0 Å². The highest BCUT2D eigenvalue weighted by Crippen LogP contribution is 2.08. The van der Waals surface area contributed by atoms with E-state index in [0.717, 1.165) is 17.9 Å². The Labute approximate surface area is 84.5 Å². The average molecular weight is 243 g/mol. The van der Waals surface area contributed by atoms with Crippen molar-refractivity contribution in [3.05, 3.63) is 23.8 Å². The van der Waals surface area contributed by atoms with Gasteiger partial charge in [0.1, 0.15) is 11.5 Å². The van der Waals surface area contributed by atoms with Crippen molar-refractivity contribution in [2.75, 3.05) is 11.1 Å². The molecule has 0 bridgehead atoms. The van der Waals surface area contributed by atoms with Crippen LogP contribution in [0.25, 0.3) is 0 Å². The lowest BCUT2D eigenvalue weighted by atomic mass is 10.3. The third-order valence-corrected chi connectivity index (χ3v) is 1.71. The topological polar surface area (TPSA) is 38.9 Å². The number of hydrogen-bond acceptors (Lipinski definition) is 2. The van der Waals surface area contributed by atoms with Crippen LogP contribution >= 0.6 is 15.9 Å². The minimum absolute atomic E-state index is 0.280. The van der Waals surface area contributed by atoms with Crippen LogP contribution in [0.2, 0.25) is 0 Å². The van der Waals surface area contributed by atoms with Gasteiger partial charge in [-0.05, 0) is 5.92 Å². The lowest BCUT2D eigenvalue weighted by Crippen LogP contribution is -1.94. The van der Waals surface area contributed by atoms with Crippen LogP contribution in [-0.2, 0) is 0 Å². The molecule has 0 radical (unpaired) electrons. The molecule has 1 heterocycles. The molecule has 2 nitrogen and oxygen atoms in total. The predicted octanol–water partition coefficient (Wildman–Crippen LogP) is 1.94. The summed E-state index contributed by atoms with van der Waals surface area (Å²) in [5, 5.41) is 0.807. The molecule has 0 aliphatic heterocycles. The van der Waals surface area contributed by atoms with E-state index in [2.05, 4.69) is 32.8 Å². The van der Waals surface area contributed by atoms with Crippen LogP contribution in [0.15, 0.2) is 12.3 Å². The normalized spacial score (nSPS) is 9.08. The van der Waals surface area contributed by atoms with Crippen molar-refractivity contribution in [3.63, 3.8) is 0 Å². The molecule has 0 aromatic carbocycles. The molecule has 1 aromatic heterocycles. The summed E-state index contributed by atoms with van der Waals surface area (Å²) in [6.07, 6.45) is 1.83. The molecule has 0 fully saturated rings. The molecule has 13 heavy (non-hydrogen) atoms. The second-order valence-electron chi connectivity index (χ2n) is 2.33. The van der Waals surface area contributed by atoms with E-state index in [1.165, 1.54) is 6.07 Å². The Morgan fingerprint density at radius 3 is 3.00 bits per heavy atom. The number of nitrogens with zero attached hydrogens (tertiary/aromatic N) is 1. The highest BCUT2D eigenvalue weighted by molar-refractivity contribution is 9.09. The molecule has 68 valence electrons. The molecule has 0 aliphatic carbocycles. The van der Waals surface area contributed by atoms with Gasteiger partial charge in [0.25, 0.3) is 0 Å². The number of nitrogen functional groups attached to an aromatic ring is 1. The standard InChI is InChI=1S/C9H8BrFN2/c10-4-2-1-3-9-8(12)5-7(11)6-13-9/h5-6H,2,4,12H2. The molecular formula is C9H8BrFN2. The van der Waals surface area contributed by atoms with Crippen molar-refractivity contribution in [1.29, 1.82) is 0 Å². The van der Waals surface area contributed by atoms with Gasteiger partial charge in [-0.2, -0.15) is 0 Å². The molecule has 0 unspecified atom stereocenters. The maximum absolute atomic E-state index is 12.5. The van der Waals surface area contributed by atoms with Gasteiger partial charge in [0.2, 0.25) is 0 Å². The second kappa shape index (κ2) is 4.83. The fraction of sp³-hybridized carbons (Fsp3) is 0.222. The van der Waals surface area contributed by atoms with Crippen molar-refractivity contribution in [1.82, 2.24) is 4.98 Å². The van der Waals surface area contributed by atoms with Gasteiger partial charge in [-0.25, -0.2) is 9.37 Å². The molecule has 1 aromatic rings. The summed E-state index contributed by atoms with van der Waals surface area (Å²) in [5.74, 6) is 5.17. The fourth-order valence-electron chi connectivity index (χ4n) is 0.753. The number of rotatable bonds is 1. The van der Waals surface area contributed by atoms with Crippen molar-refractivity contribution < 1.29 is 4.39 Å². The quantitative estimate of drug-likeness (QED) is 0.604. The Morgan fingerprint density at radius 2 is 2.38 bits per heavy atom. The van der Waals surface area contributed by atoms with Gasteiger partial charge in [0.05, 0.1) is 11.9 Å². The molecule has 0 saturated carbocycles. The van der Waals surface area contributed by atoms with Crippen molar-refractivity contribution in [2.45, 2.75) is 6.42 Å². The number of aromatic nitrogens is 1. The number of pyridine rings is 1. The molecule has 0 atom stereocenters. The predicted molar refractivity (Wildman–Crippen MR) is 53.9 cm³/mol. The average Bonchev–Trinajstić information content (AvgIpc) is 2.09. The van der Waals surface area contributed by atoms with Crippen molar-refractivity contribution >= 4 is 21.6 Å². The van der Waals surface area contributed by atoms with Crippen molar-refractivity contribution in [2.24, 2.45) is 0 Å². The highest BCUT2D eigenvalue weighted by atomic mass is 79.9. The number of nitrogens with two attached hydrogens (primary N) is 1. The third kappa shape index (κ3) is 3.03. The van der Waals surface area contributed by atoms with E-state index >= 15 is 0 Å². The van der Waals surface area contributed by atoms with Crippen LogP contribution in [0, 0.1) is 17.7 Å². The van der Waals surface area contributed by atoms with E-state index in [4.69, 9.17) is 5.73 Å². The SMILES string of the molecule is Nc1cc(F)cnc1C#CCCBr. The molecule has 0 amide bonds. The molecular weight excluding hydrogens is 235 g/mol. The van der Waals surface area contributed by atoms with Crippen LogP contribution in [-0.4, -0.2) is 10.3 Å². The largest absolute Gasteiger partial charge is 0.396 e. The first-order valence-electron chi connectivity index (χ1n) is 3.70. The monoisotopic (exact) mass is 242 g/mol. The first kappa shape index (κ1) is 10.0. The zero-order valence-electron chi connectivity index (χ0n) is 6.85. The summed E-state index contributed by atoms with van der Waals surface area (Å²) in [7, 11) is 0. The lowest BCUT2D eigenvalue weighted by molar-refractivity contribution is 0.622. The van der Waals surface area contributed by atoms with E-state index in [0.29, 0.717) is 5.69 Å². The third-order valence-electron chi connectivity index (χ3n) is 1.31. The number of anilines is 1. The summed E-state index contributed by atoms with van der Waals surface area (Å²) >= 11 is 3.24. The summed E-state index contributed by atoms with van der Waals surface area (Å²) in [5.41, 5.74) is 6.20. The maximum atomic E-state index is 12.5. The molecule has 2 N–H and O–H groups in total. The summed E-state index contributed by atoms with van der Waals surface area (Å²) in [6.45, 7) is 0. The van der Waals surface area contributed by atoms with E-state index in [-0.39, 0.29) is 5.69 Å². The van der Waals surface area contributed by atoms with Crippen LogP contribution in [0.3, 0.4) is 0 Å². The Morgan fingerprint density at radius 1 is 1.62 bits per heavy atom. The van der Waals surface area contributed by atoms with Gasteiger partial charge in [-0.1, -0.05) is 21.9 Å². The summed E-state index contributed by atoms with van der Waals surface area (Å²) in [4.78, 5) is 3.76. The number of alkyl halides is 1. The van der Waals surface area contributed by atoms with Crippen molar-refractivity contribution in [3.8, 4) is 11.8 Å². The summed E-state index contributed by atoms with van der Waals surface area (Å²) < 4.78 is 12.5. The smallest absolute Gasteiger partial charge is 0.143 e. The first-order valence-corrected chi connectivity index (χ1v) is 4.82. The van der Waals surface area contributed by atoms with E-state index < -0.39 is 5.82 Å². The zero-order chi connectivity index (χ0) is 9.68. The Kier molecular flexibility index (Phi) is 3.71. The first-order chi connectivity index (χ1) is 6.24. The minimum atomic E-state index is -0.441. The molecule has 0 aliphatic rings. The summed E-state index contributed by atoms with van der Waals surface area (Å²) in [6, 6.07) is 1.21. The van der Waals surface area contributed by atoms with Gasteiger partial charge in [-0.15, -0.1) is 0 Å². The highest BCUT2D eigenvalue weighted by Gasteiger charge is 1.97. The van der Waals surface area contributed by atoms with Gasteiger partial charge < -0.3 is 5.73 Å². The van der Waals surface area contributed by atoms with E-state index in [1.807, 2.05) is 0 Å². The number of halogens is 2. The fourth-order valence-corrected chi connectivity index (χ4v) is 0.951. The number of hydrogen-bond donors (Lipinski definition) is 1. The van der Waals surface area contributed by atoms with E-state index in [9.17, 15) is 4.39 Å². The minimum Gasteiger partial charge on any atom is -0.396 e. The van der Waals surface area contributed by atoms with Crippen LogP contribution in [0.4, 0.5) is 10.1 Å². The molecule has 1 rings (SSSR count). The second-order valence-corrected chi connectivity index (χ2v) is 3.13. The zero-order valence-corrected chi connectivity index (χ0v) is 8.44. The lowest BCUT2D eigenvalue weighted by Gasteiger charge is -1.95. The molecule has 4 heteroatoms. The maximum Gasteiger partial charge on any atom is 0.143 e. The van der Waals surface area contributed by atoms with Gasteiger partial charge in [0.15, 0.2) is 0 Å². The molecule has 0 spiro atoms. The Hall–Kier alpha value is -1.08. The Bertz CT molecular complexity index is 354. The van der Waals surface area contributed by atoms with Crippen LogP contribution in [0.1, 0.15) is 12.1 Å². The van der Waals surface area contributed by atoms with Gasteiger partial charge >= 0.3 is 0 Å². The Balaban J connectivity index is 2.85. The van der Waals surface area contributed by atoms with Gasteiger partial charge in [-0.3, -0.25) is 0 Å². The van der Waals surface area contributed by atoms with Gasteiger partial charge in [0, 0.05) is 17.8 Å². The van der Waals surface area contributed by atoms with Crippen LogP contribution in [0.5, 0.6) is 0 Å².